The van der Waals surface area contributed by atoms with Crippen LogP contribution >= 0.6 is 35.6 Å². The Morgan fingerprint density at radius 3 is 2.55 bits per heavy atom. The lowest BCUT2D eigenvalue weighted by molar-refractivity contribution is 0.313. The molecule has 1 aromatic heterocycles. The highest BCUT2D eigenvalue weighted by atomic mass is 35.5. The first-order chi connectivity index (χ1) is 10.1. The Morgan fingerprint density at radius 2 is 1.86 bits per heavy atom. The molecule has 0 saturated heterocycles. The number of halogens is 3. The van der Waals surface area contributed by atoms with Gasteiger partial charge in [-0.1, -0.05) is 48.5 Å². The van der Waals surface area contributed by atoms with E-state index < -0.39 is 0 Å². The largest absolute Gasteiger partial charge is 0.266 e. The molecule has 8 heteroatoms. The van der Waals surface area contributed by atoms with Gasteiger partial charge < -0.3 is 0 Å². The van der Waals surface area contributed by atoms with Crippen molar-refractivity contribution in [2.75, 3.05) is 0 Å². The number of aromatic nitrogens is 4. The highest BCUT2D eigenvalue weighted by Gasteiger charge is 2.19. The minimum absolute atomic E-state index is 0. The van der Waals surface area contributed by atoms with Gasteiger partial charge in [0.05, 0.1) is 12.6 Å². The van der Waals surface area contributed by atoms with E-state index in [9.17, 15) is 0 Å². The average molecular weight is 363 g/mol. The zero-order valence-corrected chi connectivity index (χ0v) is 14.3. The van der Waals surface area contributed by atoms with Crippen LogP contribution in [0.5, 0.6) is 0 Å². The zero-order chi connectivity index (χ0) is 14.8. The van der Waals surface area contributed by atoms with E-state index in [0.29, 0.717) is 28.3 Å². The van der Waals surface area contributed by atoms with Gasteiger partial charge in [-0.05, 0) is 41.0 Å². The average Bonchev–Trinajstić information content (AvgIpc) is 2.84. The molecular formula is C14H18Cl3N5. The van der Waals surface area contributed by atoms with E-state index in [-0.39, 0.29) is 12.4 Å². The van der Waals surface area contributed by atoms with Crippen LogP contribution in [0, 0.1) is 5.41 Å². The number of nitrogens with one attached hydrogen (secondary N) is 1. The van der Waals surface area contributed by atoms with Crippen LogP contribution in [-0.2, 0) is 6.54 Å². The van der Waals surface area contributed by atoms with Crippen LogP contribution in [-0.4, -0.2) is 19.8 Å². The summed E-state index contributed by atoms with van der Waals surface area (Å²) >= 11 is 12.1. The van der Waals surface area contributed by atoms with E-state index in [4.69, 9.17) is 28.6 Å². The molecule has 0 spiro atoms. The third-order valence-electron chi connectivity index (χ3n) is 3.96. The second-order valence-corrected chi connectivity index (χ2v) is 6.28. The Kier molecular flexibility index (Phi) is 5.89. The normalized spacial score (nSPS) is 15.5. The Morgan fingerprint density at radius 1 is 1.14 bits per heavy atom. The molecule has 0 radical (unpaired) electrons. The number of nitrogens with zero attached hydrogens (tertiary/aromatic N) is 4. The lowest BCUT2D eigenvalue weighted by Gasteiger charge is -2.20. The van der Waals surface area contributed by atoms with Crippen LogP contribution in [0.25, 0.3) is 0 Å². The van der Waals surface area contributed by atoms with Crippen molar-refractivity contribution in [2.24, 2.45) is 0 Å². The van der Waals surface area contributed by atoms with Crippen LogP contribution in [0.4, 0.5) is 0 Å². The van der Waals surface area contributed by atoms with Crippen molar-refractivity contribution in [3.05, 3.63) is 39.4 Å². The maximum atomic E-state index is 8.26. The summed E-state index contributed by atoms with van der Waals surface area (Å²) in [7, 11) is 0. The first kappa shape index (κ1) is 17.3. The Bertz CT molecular complexity index is 688. The Balaban J connectivity index is 0.00000176. The van der Waals surface area contributed by atoms with E-state index in [2.05, 4.69) is 10.4 Å². The van der Waals surface area contributed by atoms with Crippen LogP contribution in [0.15, 0.2) is 18.2 Å². The van der Waals surface area contributed by atoms with Crippen molar-refractivity contribution in [3.63, 3.8) is 0 Å². The van der Waals surface area contributed by atoms with E-state index in [1.54, 1.807) is 21.5 Å². The minimum atomic E-state index is 0. The molecule has 3 rings (SSSR count). The fraction of sp³-hybridized carbons (Fsp3) is 0.500. The van der Waals surface area contributed by atoms with Crippen LogP contribution in [0.3, 0.4) is 0 Å². The second kappa shape index (κ2) is 7.49. The van der Waals surface area contributed by atoms with Crippen molar-refractivity contribution in [3.8, 4) is 0 Å². The van der Waals surface area contributed by atoms with Gasteiger partial charge in [-0.3, -0.25) is 5.41 Å². The lowest BCUT2D eigenvalue weighted by atomic mass is 9.96. The summed E-state index contributed by atoms with van der Waals surface area (Å²) in [6.45, 7) is 0.432. The smallest absolute Gasteiger partial charge is 0.238 e. The van der Waals surface area contributed by atoms with Crippen LogP contribution < -0.4 is 5.62 Å². The van der Waals surface area contributed by atoms with Gasteiger partial charge in [0.1, 0.15) is 0 Å². The first-order valence-corrected chi connectivity index (χ1v) is 7.91. The molecule has 1 aromatic carbocycles. The fourth-order valence-electron chi connectivity index (χ4n) is 2.78. The summed E-state index contributed by atoms with van der Waals surface area (Å²) in [5.74, 6) is 0. The highest BCUT2D eigenvalue weighted by molar-refractivity contribution is 6.35. The molecule has 1 saturated carbocycles. The number of hydrogen-bond donors (Lipinski definition) is 1. The fourth-order valence-corrected chi connectivity index (χ4v) is 3.25. The molecule has 0 bridgehead atoms. The monoisotopic (exact) mass is 361 g/mol. The summed E-state index contributed by atoms with van der Waals surface area (Å²) < 4.78 is 3.31. The van der Waals surface area contributed by atoms with Gasteiger partial charge in [-0.25, -0.2) is 9.36 Å². The Hall–Kier alpha value is -1.04. The molecule has 1 heterocycles. The SMILES string of the molecule is Cl.N=c1n(Cc2ccc(Cl)cc2Cl)nnn1C1CCCCC1. The van der Waals surface area contributed by atoms with Gasteiger partial charge in [0.25, 0.3) is 0 Å². The van der Waals surface area contributed by atoms with Crippen molar-refractivity contribution in [2.45, 2.75) is 44.7 Å². The van der Waals surface area contributed by atoms with Gasteiger partial charge in [0, 0.05) is 10.0 Å². The molecule has 0 amide bonds. The van der Waals surface area contributed by atoms with Crippen molar-refractivity contribution >= 4 is 35.6 Å². The van der Waals surface area contributed by atoms with E-state index >= 15 is 0 Å². The minimum Gasteiger partial charge on any atom is -0.266 e. The standard InChI is InChI=1S/C14H17Cl2N5.ClH/c15-11-7-6-10(13(16)8-11)9-20-14(17)21(19-18-20)12-4-2-1-3-5-12;/h6-8,12,17H,1-5,9H2;1H. The van der Waals surface area contributed by atoms with E-state index in [1.807, 2.05) is 6.07 Å². The van der Waals surface area contributed by atoms with E-state index in [1.165, 1.54) is 19.3 Å². The zero-order valence-electron chi connectivity index (χ0n) is 12.0. The van der Waals surface area contributed by atoms with Gasteiger partial charge >= 0.3 is 0 Å². The van der Waals surface area contributed by atoms with Crippen molar-refractivity contribution in [1.29, 1.82) is 5.41 Å². The molecule has 120 valence electrons. The first-order valence-electron chi connectivity index (χ1n) is 7.16. The molecule has 2 aromatic rings. The third kappa shape index (κ3) is 3.65. The van der Waals surface area contributed by atoms with Gasteiger partial charge in [-0.15, -0.1) is 12.4 Å². The maximum absolute atomic E-state index is 8.26. The number of rotatable bonds is 3. The van der Waals surface area contributed by atoms with Gasteiger partial charge in [-0.2, -0.15) is 0 Å². The Labute approximate surface area is 145 Å². The predicted octanol–water partition coefficient (Wildman–Crippen LogP) is 3.84. The summed E-state index contributed by atoms with van der Waals surface area (Å²) in [5, 5.41) is 17.7. The molecule has 0 atom stereocenters. The molecule has 1 aliphatic rings. The summed E-state index contributed by atoms with van der Waals surface area (Å²) in [5.41, 5.74) is 1.21. The molecule has 1 N–H and O–H groups in total. The maximum Gasteiger partial charge on any atom is 0.238 e. The van der Waals surface area contributed by atoms with Crippen LogP contribution in [0.1, 0.15) is 43.7 Å². The predicted molar refractivity (Wildman–Crippen MR) is 88.8 cm³/mol. The van der Waals surface area contributed by atoms with Crippen LogP contribution in [0.2, 0.25) is 10.0 Å². The van der Waals surface area contributed by atoms with Gasteiger partial charge in [0.2, 0.25) is 5.62 Å². The summed E-state index contributed by atoms with van der Waals surface area (Å²) in [6, 6.07) is 5.66. The molecular weight excluding hydrogens is 345 g/mol. The molecule has 22 heavy (non-hydrogen) atoms. The molecule has 0 unspecified atom stereocenters. The van der Waals surface area contributed by atoms with E-state index in [0.717, 1.165) is 18.4 Å². The topological polar surface area (TPSA) is 59.5 Å². The molecule has 5 nitrogen and oxygen atoms in total. The lowest BCUT2D eigenvalue weighted by Crippen LogP contribution is -2.30. The number of tetrazole rings is 1. The third-order valence-corrected chi connectivity index (χ3v) is 4.55. The van der Waals surface area contributed by atoms with Crippen molar-refractivity contribution < 1.29 is 0 Å². The molecule has 1 fully saturated rings. The summed E-state index contributed by atoms with van der Waals surface area (Å²) in [4.78, 5) is 0. The highest BCUT2D eigenvalue weighted by Crippen LogP contribution is 2.26. The molecule has 1 aliphatic carbocycles. The quantitative estimate of drug-likeness (QED) is 0.901. The van der Waals surface area contributed by atoms with Gasteiger partial charge in [0.15, 0.2) is 0 Å². The summed E-state index contributed by atoms with van der Waals surface area (Å²) in [6.07, 6.45) is 5.84. The number of hydrogen-bond acceptors (Lipinski definition) is 3. The second-order valence-electron chi connectivity index (χ2n) is 5.43. The molecule has 0 aliphatic heterocycles. The van der Waals surface area contributed by atoms with Crippen molar-refractivity contribution in [1.82, 2.24) is 19.8 Å². The number of benzene rings is 1.